The summed E-state index contributed by atoms with van der Waals surface area (Å²) >= 11 is 0. The molecule has 2 heteroatoms. The number of nitrogens with one attached hydrogen (secondary N) is 1. The van der Waals surface area contributed by atoms with Gasteiger partial charge < -0.3 is 5.32 Å². The Hall–Kier alpha value is -1.31. The summed E-state index contributed by atoms with van der Waals surface area (Å²) in [5, 5.41) is 2.94. The zero-order chi connectivity index (χ0) is 7.40. The van der Waals surface area contributed by atoms with Gasteiger partial charge in [-0.25, -0.2) is 4.98 Å². The zero-order valence-corrected chi connectivity index (χ0v) is 5.96. The summed E-state index contributed by atoms with van der Waals surface area (Å²) < 4.78 is 0. The van der Waals surface area contributed by atoms with Crippen molar-refractivity contribution >= 4 is 11.9 Å². The van der Waals surface area contributed by atoms with Crippen molar-refractivity contribution in [3.8, 4) is 0 Å². The second-order valence-corrected chi connectivity index (χ2v) is 1.93. The molecular formula is C8H10N2. The third-order valence-corrected chi connectivity index (χ3v) is 1.28. The van der Waals surface area contributed by atoms with Gasteiger partial charge in [0.2, 0.25) is 0 Å². The van der Waals surface area contributed by atoms with Gasteiger partial charge in [0.1, 0.15) is 5.82 Å². The molecule has 0 bridgehead atoms. The Labute approximate surface area is 60.6 Å². The van der Waals surface area contributed by atoms with E-state index in [-0.39, 0.29) is 0 Å². The van der Waals surface area contributed by atoms with Crippen molar-refractivity contribution in [2.45, 2.75) is 0 Å². The molecule has 0 aliphatic rings. The predicted octanol–water partition coefficient (Wildman–Crippen LogP) is 1.77. The number of rotatable bonds is 2. The van der Waals surface area contributed by atoms with Crippen LogP contribution in [0.25, 0.3) is 6.08 Å². The van der Waals surface area contributed by atoms with Crippen LogP contribution >= 0.6 is 0 Å². The number of hydrogen-bond donors (Lipinski definition) is 1. The van der Waals surface area contributed by atoms with Crippen LogP contribution in [0.3, 0.4) is 0 Å². The maximum atomic E-state index is 4.05. The third kappa shape index (κ3) is 1.35. The van der Waals surface area contributed by atoms with E-state index in [1.54, 1.807) is 12.3 Å². The van der Waals surface area contributed by atoms with Crippen molar-refractivity contribution in [3.63, 3.8) is 0 Å². The summed E-state index contributed by atoms with van der Waals surface area (Å²) in [5.41, 5.74) is 1.08. The predicted molar refractivity (Wildman–Crippen MR) is 43.9 cm³/mol. The minimum absolute atomic E-state index is 0.873. The number of anilines is 1. The van der Waals surface area contributed by atoms with E-state index in [1.165, 1.54) is 0 Å². The number of aromatic nitrogens is 1. The van der Waals surface area contributed by atoms with Crippen LogP contribution in [0.5, 0.6) is 0 Å². The molecule has 1 rings (SSSR count). The molecule has 52 valence electrons. The first-order chi connectivity index (χ1) is 4.86. The van der Waals surface area contributed by atoms with Gasteiger partial charge in [-0.15, -0.1) is 0 Å². The molecule has 0 spiro atoms. The zero-order valence-electron chi connectivity index (χ0n) is 5.96. The molecule has 0 amide bonds. The van der Waals surface area contributed by atoms with Crippen molar-refractivity contribution in [1.82, 2.24) is 4.98 Å². The van der Waals surface area contributed by atoms with Gasteiger partial charge in [0.15, 0.2) is 0 Å². The first-order valence-electron chi connectivity index (χ1n) is 3.13. The molecule has 0 saturated carbocycles. The van der Waals surface area contributed by atoms with Crippen LogP contribution < -0.4 is 5.32 Å². The molecule has 0 aromatic carbocycles. The lowest BCUT2D eigenvalue weighted by Gasteiger charge is -1.97. The van der Waals surface area contributed by atoms with Crippen molar-refractivity contribution < 1.29 is 0 Å². The van der Waals surface area contributed by atoms with E-state index in [0.717, 1.165) is 11.4 Å². The smallest absolute Gasteiger partial charge is 0.126 e. The fraction of sp³-hybridized carbons (Fsp3) is 0.125. The van der Waals surface area contributed by atoms with Gasteiger partial charge in [-0.05, 0) is 17.7 Å². The van der Waals surface area contributed by atoms with Crippen LogP contribution in [0, 0.1) is 0 Å². The highest BCUT2D eigenvalue weighted by molar-refractivity contribution is 5.51. The Morgan fingerprint density at radius 2 is 2.50 bits per heavy atom. The number of hydrogen-bond acceptors (Lipinski definition) is 2. The van der Waals surface area contributed by atoms with E-state index >= 15 is 0 Å². The molecule has 0 atom stereocenters. The molecule has 0 aliphatic heterocycles. The molecule has 1 N–H and O–H groups in total. The minimum atomic E-state index is 0.873. The molecule has 0 fully saturated rings. The summed E-state index contributed by atoms with van der Waals surface area (Å²) in [6, 6.07) is 3.85. The van der Waals surface area contributed by atoms with Crippen LogP contribution in [0.4, 0.5) is 5.82 Å². The number of pyridine rings is 1. The van der Waals surface area contributed by atoms with Crippen LogP contribution in [0.15, 0.2) is 24.9 Å². The summed E-state index contributed by atoms with van der Waals surface area (Å²) in [5.74, 6) is 0.873. The Kier molecular flexibility index (Phi) is 2.05. The van der Waals surface area contributed by atoms with E-state index in [1.807, 2.05) is 19.2 Å². The molecule has 1 aromatic rings. The molecule has 0 radical (unpaired) electrons. The highest BCUT2D eigenvalue weighted by Gasteiger charge is 1.88. The maximum Gasteiger partial charge on any atom is 0.126 e. The van der Waals surface area contributed by atoms with Crippen molar-refractivity contribution in [2.75, 3.05) is 12.4 Å². The van der Waals surface area contributed by atoms with Crippen LogP contribution in [0.2, 0.25) is 0 Å². The van der Waals surface area contributed by atoms with Gasteiger partial charge in [-0.1, -0.05) is 12.7 Å². The largest absolute Gasteiger partial charge is 0.373 e. The second kappa shape index (κ2) is 3.01. The van der Waals surface area contributed by atoms with E-state index < -0.39 is 0 Å². The summed E-state index contributed by atoms with van der Waals surface area (Å²) in [6.45, 7) is 3.65. The standard InChI is InChI=1S/C8H10N2/c1-3-7-4-5-10-8(6-7)9-2/h3-6H,1H2,2H3,(H,9,10). The average molecular weight is 134 g/mol. The number of nitrogens with zero attached hydrogens (tertiary/aromatic N) is 1. The van der Waals surface area contributed by atoms with Gasteiger partial charge in [-0.2, -0.15) is 0 Å². The fourth-order valence-electron chi connectivity index (χ4n) is 0.711. The Morgan fingerprint density at radius 3 is 3.10 bits per heavy atom. The molecule has 1 heterocycles. The van der Waals surface area contributed by atoms with Crippen molar-refractivity contribution in [3.05, 3.63) is 30.5 Å². The van der Waals surface area contributed by atoms with E-state index in [4.69, 9.17) is 0 Å². The van der Waals surface area contributed by atoms with Gasteiger partial charge >= 0.3 is 0 Å². The van der Waals surface area contributed by atoms with Crippen LogP contribution in [-0.4, -0.2) is 12.0 Å². The van der Waals surface area contributed by atoms with Crippen molar-refractivity contribution in [2.24, 2.45) is 0 Å². The minimum Gasteiger partial charge on any atom is -0.373 e. The lowest BCUT2D eigenvalue weighted by molar-refractivity contribution is 1.28. The third-order valence-electron chi connectivity index (χ3n) is 1.28. The SMILES string of the molecule is C=Cc1ccnc(NC)c1. The van der Waals surface area contributed by atoms with E-state index in [0.29, 0.717) is 0 Å². The Morgan fingerprint density at radius 1 is 1.70 bits per heavy atom. The lowest BCUT2D eigenvalue weighted by atomic mass is 10.2. The summed E-state index contributed by atoms with van der Waals surface area (Å²) in [7, 11) is 1.84. The molecule has 0 saturated heterocycles. The Bertz CT molecular complexity index is 230. The summed E-state index contributed by atoms with van der Waals surface area (Å²) in [4.78, 5) is 4.05. The quantitative estimate of drug-likeness (QED) is 0.666. The van der Waals surface area contributed by atoms with E-state index in [2.05, 4.69) is 16.9 Å². The molecule has 2 nitrogen and oxygen atoms in total. The average Bonchev–Trinajstić information content (AvgIpc) is 2.05. The molecule has 1 aromatic heterocycles. The maximum absolute atomic E-state index is 4.05. The lowest BCUT2D eigenvalue weighted by Crippen LogP contribution is -1.90. The first-order valence-corrected chi connectivity index (χ1v) is 3.13. The highest BCUT2D eigenvalue weighted by atomic mass is 14.9. The second-order valence-electron chi connectivity index (χ2n) is 1.93. The van der Waals surface area contributed by atoms with Crippen LogP contribution in [-0.2, 0) is 0 Å². The summed E-state index contributed by atoms with van der Waals surface area (Å²) in [6.07, 6.45) is 3.55. The molecular weight excluding hydrogens is 124 g/mol. The normalized spacial score (nSPS) is 8.90. The first kappa shape index (κ1) is 6.81. The van der Waals surface area contributed by atoms with Crippen LogP contribution in [0.1, 0.15) is 5.56 Å². The fourth-order valence-corrected chi connectivity index (χ4v) is 0.711. The van der Waals surface area contributed by atoms with Gasteiger partial charge in [0, 0.05) is 13.2 Å². The van der Waals surface area contributed by atoms with Gasteiger partial charge in [0.25, 0.3) is 0 Å². The molecule has 0 unspecified atom stereocenters. The topological polar surface area (TPSA) is 24.9 Å². The van der Waals surface area contributed by atoms with Crippen molar-refractivity contribution in [1.29, 1.82) is 0 Å². The monoisotopic (exact) mass is 134 g/mol. The highest BCUT2D eigenvalue weighted by Crippen LogP contribution is 2.05. The molecule has 10 heavy (non-hydrogen) atoms. The van der Waals surface area contributed by atoms with Gasteiger partial charge in [0.05, 0.1) is 0 Å². The Balaban J connectivity index is 2.98. The molecule has 0 aliphatic carbocycles. The van der Waals surface area contributed by atoms with Gasteiger partial charge in [-0.3, -0.25) is 0 Å². The van der Waals surface area contributed by atoms with E-state index in [9.17, 15) is 0 Å².